The van der Waals surface area contributed by atoms with E-state index >= 15 is 0 Å². The van der Waals surface area contributed by atoms with E-state index < -0.39 is 0 Å². The van der Waals surface area contributed by atoms with E-state index in [1.165, 1.54) is 0 Å². The Morgan fingerprint density at radius 2 is 2.13 bits per heavy atom. The number of nitrogens with one attached hydrogen (secondary N) is 1. The van der Waals surface area contributed by atoms with Crippen LogP contribution in [-0.2, 0) is 4.79 Å². The molecule has 0 aliphatic carbocycles. The maximum atomic E-state index is 11.4. The zero-order valence-electron chi connectivity index (χ0n) is 9.83. The molecule has 0 spiro atoms. The molecule has 0 aliphatic rings. The van der Waals surface area contributed by atoms with Gasteiger partial charge in [0.25, 0.3) is 0 Å². The van der Waals surface area contributed by atoms with E-state index in [-0.39, 0.29) is 18.6 Å². The predicted molar refractivity (Wildman–Crippen MR) is 61.4 cm³/mol. The highest BCUT2D eigenvalue weighted by atomic mass is 16.3. The summed E-state index contributed by atoms with van der Waals surface area (Å²) in [5.74, 6) is 0.567. The molecule has 0 aromatic carbocycles. The van der Waals surface area contributed by atoms with Crippen molar-refractivity contribution < 1.29 is 9.90 Å². The molecule has 0 rings (SSSR count). The summed E-state index contributed by atoms with van der Waals surface area (Å²) < 4.78 is 0. The first-order valence-electron chi connectivity index (χ1n) is 5.74. The van der Waals surface area contributed by atoms with Crippen LogP contribution in [0.2, 0.25) is 0 Å². The van der Waals surface area contributed by atoms with Gasteiger partial charge in [-0.05, 0) is 32.2 Å². The number of hydrogen-bond donors (Lipinski definition) is 3. The van der Waals surface area contributed by atoms with Crippen LogP contribution in [0.4, 0.5) is 0 Å². The van der Waals surface area contributed by atoms with Crippen LogP contribution in [0.1, 0.15) is 39.5 Å². The Labute approximate surface area is 92.2 Å². The van der Waals surface area contributed by atoms with Crippen molar-refractivity contribution in [1.29, 1.82) is 0 Å². The monoisotopic (exact) mass is 216 g/mol. The second-order valence-electron chi connectivity index (χ2n) is 4.04. The molecular formula is C11H24N2O2. The Morgan fingerprint density at radius 1 is 1.47 bits per heavy atom. The number of hydrogen-bond acceptors (Lipinski definition) is 3. The summed E-state index contributed by atoms with van der Waals surface area (Å²) in [6, 6.07) is -0.146. The van der Waals surface area contributed by atoms with Crippen LogP contribution in [0.5, 0.6) is 0 Å². The summed E-state index contributed by atoms with van der Waals surface area (Å²) in [6.07, 6.45) is 3.47. The van der Waals surface area contributed by atoms with Gasteiger partial charge in [0.05, 0.1) is 6.61 Å². The van der Waals surface area contributed by atoms with Gasteiger partial charge < -0.3 is 16.2 Å². The molecule has 4 heteroatoms. The van der Waals surface area contributed by atoms with E-state index in [0.717, 1.165) is 19.3 Å². The van der Waals surface area contributed by atoms with Gasteiger partial charge in [0, 0.05) is 12.5 Å². The molecule has 0 heterocycles. The summed E-state index contributed by atoms with van der Waals surface area (Å²) in [4.78, 5) is 11.4. The van der Waals surface area contributed by atoms with Crippen molar-refractivity contribution in [2.75, 3.05) is 13.2 Å². The van der Waals surface area contributed by atoms with E-state index in [4.69, 9.17) is 10.8 Å². The highest BCUT2D eigenvalue weighted by Gasteiger charge is 2.10. The maximum Gasteiger partial charge on any atom is 0.220 e. The Balaban J connectivity index is 3.68. The molecule has 90 valence electrons. The molecule has 0 saturated carbocycles. The van der Waals surface area contributed by atoms with Gasteiger partial charge in [-0.3, -0.25) is 4.79 Å². The third-order valence-electron chi connectivity index (χ3n) is 2.61. The summed E-state index contributed by atoms with van der Waals surface area (Å²) in [6.45, 7) is 4.59. The normalized spacial score (nSPS) is 14.7. The lowest BCUT2D eigenvalue weighted by Crippen LogP contribution is -2.35. The summed E-state index contributed by atoms with van der Waals surface area (Å²) >= 11 is 0. The van der Waals surface area contributed by atoms with Crippen molar-refractivity contribution in [2.45, 2.75) is 45.6 Å². The zero-order chi connectivity index (χ0) is 11.7. The zero-order valence-corrected chi connectivity index (χ0v) is 9.83. The highest BCUT2D eigenvalue weighted by Crippen LogP contribution is 2.14. The molecular weight excluding hydrogens is 192 g/mol. The van der Waals surface area contributed by atoms with Crippen LogP contribution in [0, 0.1) is 5.92 Å². The minimum Gasteiger partial charge on any atom is -0.394 e. The number of carbonyl (C=O) groups is 1. The number of carbonyl (C=O) groups excluding carboxylic acids is 1. The van der Waals surface area contributed by atoms with Crippen LogP contribution >= 0.6 is 0 Å². The average molecular weight is 216 g/mol. The molecule has 0 aromatic heterocycles. The van der Waals surface area contributed by atoms with Gasteiger partial charge in [-0.25, -0.2) is 0 Å². The van der Waals surface area contributed by atoms with E-state index in [0.29, 0.717) is 18.9 Å². The minimum atomic E-state index is -0.146. The summed E-state index contributed by atoms with van der Waals surface area (Å²) in [5.41, 5.74) is 5.48. The second kappa shape index (κ2) is 8.68. The molecule has 4 nitrogen and oxygen atoms in total. The van der Waals surface area contributed by atoms with Crippen molar-refractivity contribution in [1.82, 2.24) is 5.32 Å². The van der Waals surface area contributed by atoms with Crippen LogP contribution < -0.4 is 11.1 Å². The second-order valence-corrected chi connectivity index (χ2v) is 4.04. The lowest BCUT2D eigenvalue weighted by atomic mass is 9.96. The molecule has 0 bridgehead atoms. The molecule has 0 aromatic rings. The largest absolute Gasteiger partial charge is 0.394 e. The Kier molecular flexibility index (Phi) is 8.33. The summed E-state index contributed by atoms with van der Waals surface area (Å²) in [5, 5.41) is 11.5. The van der Waals surface area contributed by atoms with Gasteiger partial charge in [0.2, 0.25) is 5.91 Å². The summed E-state index contributed by atoms with van der Waals surface area (Å²) in [7, 11) is 0. The number of aliphatic hydroxyl groups excluding tert-OH is 1. The van der Waals surface area contributed by atoms with Gasteiger partial charge in [-0.2, -0.15) is 0 Å². The van der Waals surface area contributed by atoms with E-state index in [1.54, 1.807) is 6.92 Å². The molecule has 1 unspecified atom stereocenters. The van der Waals surface area contributed by atoms with Crippen molar-refractivity contribution >= 4 is 5.91 Å². The highest BCUT2D eigenvalue weighted by molar-refractivity contribution is 5.76. The quantitative estimate of drug-likeness (QED) is 0.557. The van der Waals surface area contributed by atoms with Crippen molar-refractivity contribution in [3.05, 3.63) is 0 Å². The number of amides is 1. The maximum absolute atomic E-state index is 11.4. The van der Waals surface area contributed by atoms with Gasteiger partial charge in [-0.1, -0.05) is 13.3 Å². The smallest absolute Gasteiger partial charge is 0.220 e. The van der Waals surface area contributed by atoms with Crippen molar-refractivity contribution in [3.8, 4) is 0 Å². The molecule has 0 saturated heterocycles. The molecule has 4 N–H and O–H groups in total. The fourth-order valence-corrected chi connectivity index (χ4v) is 1.52. The number of aliphatic hydroxyl groups is 1. The molecule has 0 fully saturated rings. The SMILES string of the molecule is CCC(CCN)CCC(=O)N[C@H](C)CO. The lowest BCUT2D eigenvalue weighted by Gasteiger charge is -2.14. The molecule has 15 heavy (non-hydrogen) atoms. The fourth-order valence-electron chi connectivity index (χ4n) is 1.52. The van der Waals surface area contributed by atoms with Crippen LogP contribution in [-0.4, -0.2) is 30.2 Å². The Hall–Kier alpha value is -0.610. The Bertz CT molecular complexity index is 174. The number of rotatable bonds is 8. The first-order chi connectivity index (χ1) is 7.13. The van der Waals surface area contributed by atoms with E-state index in [1.807, 2.05) is 0 Å². The minimum absolute atomic E-state index is 0.00819. The van der Waals surface area contributed by atoms with Gasteiger partial charge >= 0.3 is 0 Å². The van der Waals surface area contributed by atoms with Crippen molar-refractivity contribution in [3.63, 3.8) is 0 Å². The first-order valence-corrected chi connectivity index (χ1v) is 5.74. The fraction of sp³-hybridized carbons (Fsp3) is 0.909. The average Bonchev–Trinajstić information content (AvgIpc) is 2.23. The van der Waals surface area contributed by atoms with E-state index in [9.17, 15) is 4.79 Å². The lowest BCUT2D eigenvalue weighted by molar-refractivity contribution is -0.122. The van der Waals surface area contributed by atoms with Crippen LogP contribution in [0.3, 0.4) is 0 Å². The van der Waals surface area contributed by atoms with Crippen LogP contribution in [0.25, 0.3) is 0 Å². The Morgan fingerprint density at radius 3 is 2.60 bits per heavy atom. The molecule has 0 aliphatic heterocycles. The van der Waals surface area contributed by atoms with Gasteiger partial charge in [0.1, 0.15) is 0 Å². The molecule has 1 amide bonds. The van der Waals surface area contributed by atoms with Gasteiger partial charge in [0.15, 0.2) is 0 Å². The van der Waals surface area contributed by atoms with Crippen molar-refractivity contribution in [2.24, 2.45) is 11.7 Å². The van der Waals surface area contributed by atoms with Gasteiger partial charge in [-0.15, -0.1) is 0 Å². The third kappa shape index (κ3) is 7.33. The topological polar surface area (TPSA) is 75.4 Å². The molecule has 2 atom stereocenters. The third-order valence-corrected chi connectivity index (χ3v) is 2.61. The van der Waals surface area contributed by atoms with Crippen LogP contribution in [0.15, 0.2) is 0 Å². The molecule has 0 radical (unpaired) electrons. The first kappa shape index (κ1) is 14.4. The van der Waals surface area contributed by atoms with E-state index in [2.05, 4.69) is 12.2 Å². The standard InChI is InChI=1S/C11H24N2O2/c1-3-10(6-7-12)4-5-11(15)13-9(2)8-14/h9-10,14H,3-8,12H2,1-2H3,(H,13,15)/t9-,10?/m1/s1. The number of nitrogens with two attached hydrogens (primary N) is 1. The predicted octanol–water partition coefficient (Wildman–Crippen LogP) is 0.639.